The molecule has 0 aliphatic heterocycles. The Kier molecular flexibility index (Phi) is 3.40. The average molecular weight is 322 g/mol. The van der Waals surface area contributed by atoms with Crippen LogP contribution in [0.4, 0.5) is 13.2 Å². The average Bonchev–Trinajstić information content (AvgIpc) is 2.64. The van der Waals surface area contributed by atoms with Crippen molar-refractivity contribution >= 4 is 15.9 Å². The van der Waals surface area contributed by atoms with E-state index in [0.717, 1.165) is 12.1 Å². The fourth-order valence-electron chi connectivity index (χ4n) is 1.52. The molecule has 0 bridgehead atoms. The van der Waals surface area contributed by atoms with Gasteiger partial charge in [0, 0.05) is 7.05 Å². The molecule has 2 aromatic rings. The standard InChI is InChI=1S/C10H7BrF3N3O/c1-17-8(10(11)15-16-17)9(18)4-2-5(12)7(14)6(13)3-4/h2-3,9,18H,1H3. The van der Waals surface area contributed by atoms with Crippen molar-refractivity contribution in [3.63, 3.8) is 0 Å². The van der Waals surface area contributed by atoms with Crippen LogP contribution in [0.5, 0.6) is 0 Å². The van der Waals surface area contributed by atoms with Gasteiger partial charge in [-0.2, -0.15) is 0 Å². The number of rotatable bonds is 2. The van der Waals surface area contributed by atoms with Gasteiger partial charge in [-0.15, -0.1) is 5.10 Å². The molecule has 1 heterocycles. The molecule has 0 spiro atoms. The summed E-state index contributed by atoms with van der Waals surface area (Å²) in [6.45, 7) is 0. The highest BCUT2D eigenvalue weighted by Crippen LogP contribution is 2.28. The van der Waals surface area contributed by atoms with Crippen LogP contribution < -0.4 is 0 Å². The van der Waals surface area contributed by atoms with Gasteiger partial charge in [0.15, 0.2) is 22.1 Å². The largest absolute Gasteiger partial charge is 0.382 e. The van der Waals surface area contributed by atoms with Gasteiger partial charge in [-0.3, -0.25) is 0 Å². The van der Waals surface area contributed by atoms with E-state index in [0.29, 0.717) is 0 Å². The van der Waals surface area contributed by atoms with Crippen LogP contribution in [-0.4, -0.2) is 20.1 Å². The number of hydrogen-bond acceptors (Lipinski definition) is 3. The van der Waals surface area contributed by atoms with Crippen molar-refractivity contribution < 1.29 is 18.3 Å². The Morgan fingerprint density at radius 2 is 1.83 bits per heavy atom. The molecule has 0 fully saturated rings. The van der Waals surface area contributed by atoms with E-state index < -0.39 is 23.6 Å². The van der Waals surface area contributed by atoms with Crippen LogP contribution in [0.15, 0.2) is 16.7 Å². The molecule has 18 heavy (non-hydrogen) atoms. The SMILES string of the molecule is Cn1nnc(Br)c1C(O)c1cc(F)c(F)c(F)c1. The predicted octanol–water partition coefficient (Wildman–Crippen LogP) is 2.08. The Morgan fingerprint density at radius 1 is 1.28 bits per heavy atom. The van der Waals surface area contributed by atoms with Crippen molar-refractivity contribution in [2.75, 3.05) is 0 Å². The first-order chi connectivity index (χ1) is 8.41. The number of aliphatic hydroxyl groups excluding tert-OH is 1. The summed E-state index contributed by atoms with van der Waals surface area (Å²) in [7, 11) is 1.51. The van der Waals surface area contributed by atoms with Gasteiger partial charge < -0.3 is 5.11 Å². The summed E-state index contributed by atoms with van der Waals surface area (Å²) in [5.41, 5.74) is 0.0814. The number of halogens is 4. The van der Waals surface area contributed by atoms with Crippen molar-refractivity contribution in [1.29, 1.82) is 0 Å². The molecule has 0 aliphatic carbocycles. The molecule has 1 aromatic heterocycles. The minimum absolute atomic E-state index is 0.127. The molecule has 0 saturated heterocycles. The molecule has 1 atom stereocenters. The number of aliphatic hydroxyl groups is 1. The Labute approximate surface area is 108 Å². The number of hydrogen-bond donors (Lipinski definition) is 1. The zero-order valence-electron chi connectivity index (χ0n) is 9.03. The fourth-order valence-corrected chi connectivity index (χ4v) is 2.06. The maximum atomic E-state index is 13.1. The molecule has 1 unspecified atom stereocenters. The molecule has 4 nitrogen and oxygen atoms in total. The van der Waals surface area contributed by atoms with Crippen LogP contribution in [0.2, 0.25) is 0 Å². The Balaban J connectivity index is 2.50. The third-order valence-corrected chi connectivity index (χ3v) is 2.97. The highest BCUT2D eigenvalue weighted by Gasteiger charge is 2.22. The monoisotopic (exact) mass is 321 g/mol. The van der Waals surface area contributed by atoms with E-state index in [2.05, 4.69) is 26.2 Å². The molecule has 96 valence electrons. The third kappa shape index (κ3) is 2.13. The minimum Gasteiger partial charge on any atom is -0.382 e. The van der Waals surface area contributed by atoms with E-state index >= 15 is 0 Å². The number of nitrogens with zero attached hydrogens (tertiary/aromatic N) is 3. The van der Waals surface area contributed by atoms with E-state index in [1.165, 1.54) is 11.7 Å². The van der Waals surface area contributed by atoms with Crippen LogP contribution in [0.25, 0.3) is 0 Å². The van der Waals surface area contributed by atoms with Gasteiger partial charge in [0.1, 0.15) is 11.8 Å². The number of aromatic nitrogens is 3. The maximum Gasteiger partial charge on any atom is 0.194 e. The van der Waals surface area contributed by atoms with Gasteiger partial charge in [-0.25, -0.2) is 17.9 Å². The van der Waals surface area contributed by atoms with Crippen molar-refractivity contribution in [1.82, 2.24) is 15.0 Å². The molecule has 8 heteroatoms. The van der Waals surface area contributed by atoms with Gasteiger partial charge in [0.05, 0.1) is 0 Å². The fraction of sp³-hybridized carbons (Fsp3) is 0.200. The molecule has 1 N–H and O–H groups in total. The first-order valence-electron chi connectivity index (χ1n) is 4.79. The molecule has 0 aliphatic rings. The Hall–Kier alpha value is -1.41. The van der Waals surface area contributed by atoms with E-state index in [1.54, 1.807) is 0 Å². The zero-order chi connectivity index (χ0) is 13.4. The lowest BCUT2D eigenvalue weighted by Crippen LogP contribution is -2.08. The summed E-state index contributed by atoms with van der Waals surface area (Å²) < 4.78 is 40.4. The second-order valence-corrected chi connectivity index (χ2v) is 4.34. The summed E-state index contributed by atoms with van der Waals surface area (Å²) in [6.07, 6.45) is -1.37. The summed E-state index contributed by atoms with van der Waals surface area (Å²) >= 11 is 3.05. The van der Waals surface area contributed by atoms with E-state index in [4.69, 9.17) is 0 Å². The Morgan fingerprint density at radius 3 is 2.28 bits per heavy atom. The molecule has 2 rings (SSSR count). The second-order valence-electron chi connectivity index (χ2n) is 3.59. The van der Waals surface area contributed by atoms with Crippen molar-refractivity contribution in [3.05, 3.63) is 45.4 Å². The molecule has 0 amide bonds. The lowest BCUT2D eigenvalue weighted by atomic mass is 10.1. The van der Waals surface area contributed by atoms with E-state index in [1.807, 2.05) is 0 Å². The van der Waals surface area contributed by atoms with Crippen molar-refractivity contribution in [2.24, 2.45) is 7.05 Å². The summed E-state index contributed by atoms with van der Waals surface area (Å²) in [5, 5.41) is 17.3. The number of aryl methyl sites for hydroxylation is 1. The topological polar surface area (TPSA) is 50.9 Å². The predicted molar refractivity (Wildman–Crippen MR) is 59.1 cm³/mol. The number of benzene rings is 1. The minimum atomic E-state index is -1.58. The molecular formula is C10H7BrF3N3O. The summed E-state index contributed by atoms with van der Waals surface area (Å²) in [5.74, 6) is -4.31. The van der Waals surface area contributed by atoms with Gasteiger partial charge in [0.2, 0.25) is 0 Å². The van der Waals surface area contributed by atoms with Crippen LogP contribution in [0, 0.1) is 17.5 Å². The van der Waals surface area contributed by atoms with Gasteiger partial charge in [-0.1, -0.05) is 5.21 Å². The Bertz CT molecular complexity index is 560. The zero-order valence-corrected chi connectivity index (χ0v) is 10.6. The van der Waals surface area contributed by atoms with Gasteiger partial charge in [0.25, 0.3) is 0 Å². The molecule has 0 saturated carbocycles. The van der Waals surface area contributed by atoms with Crippen molar-refractivity contribution in [2.45, 2.75) is 6.10 Å². The smallest absolute Gasteiger partial charge is 0.194 e. The quantitative estimate of drug-likeness (QED) is 0.862. The van der Waals surface area contributed by atoms with Gasteiger partial charge >= 0.3 is 0 Å². The summed E-state index contributed by atoms with van der Waals surface area (Å²) in [6, 6.07) is 1.45. The second kappa shape index (κ2) is 4.69. The first-order valence-corrected chi connectivity index (χ1v) is 5.58. The van der Waals surface area contributed by atoms with Gasteiger partial charge in [-0.05, 0) is 33.6 Å². The van der Waals surface area contributed by atoms with Crippen LogP contribution in [-0.2, 0) is 7.05 Å². The van der Waals surface area contributed by atoms with E-state index in [-0.39, 0.29) is 15.9 Å². The lowest BCUT2D eigenvalue weighted by molar-refractivity contribution is 0.207. The lowest BCUT2D eigenvalue weighted by Gasteiger charge is -2.12. The van der Waals surface area contributed by atoms with Crippen LogP contribution in [0.1, 0.15) is 17.4 Å². The van der Waals surface area contributed by atoms with Crippen LogP contribution in [0.3, 0.4) is 0 Å². The third-order valence-electron chi connectivity index (χ3n) is 2.41. The maximum absolute atomic E-state index is 13.1. The highest BCUT2D eigenvalue weighted by molar-refractivity contribution is 9.10. The first kappa shape index (κ1) is 13.0. The molecular weight excluding hydrogens is 315 g/mol. The van der Waals surface area contributed by atoms with E-state index in [9.17, 15) is 18.3 Å². The summed E-state index contributed by atoms with van der Waals surface area (Å²) in [4.78, 5) is 0. The highest BCUT2D eigenvalue weighted by atomic mass is 79.9. The molecule has 0 radical (unpaired) electrons. The van der Waals surface area contributed by atoms with Crippen LogP contribution >= 0.6 is 15.9 Å². The normalized spacial score (nSPS) is 12.8. The molecule has 1 aromatic carbocycles. The van der Waals surface area contributed by atoms with Crippen molar-refractivity contribution in [3.8, 4) is 0 Å².